The SMILES string of the molecule is O=C(Cn1cccnc1=O)N1CCCC12CCCN(C1CCC(O)CC1)C2=O. The average Bonchev–Trinajstić information content (AvgIpc) is 3.11. The van der Waals surface area contributed by atoms with E-state index in [9.17, 15) is 19.5 Å². The quantitative estimate of drug-likeness (QED) is 0.815. The Bertz CT molecular complexity index is 801. The van der Waals surface area contributed by atoms with Crippen molar-refractivity contribution in [1.82, 2.24) is 19.4 Å². The molecule has 28 heavy (non-hydrogen) atoms. The first-order chi connectivity index (χ1) is 13.5. The summed E-state index contributed by atoms with van der Waals surface area (Å²) in [6, 6.07) is 1.78. The van der Waals surface area contributed by atoms with Crippen LogP contribution in [0.3, 0.4) is 0 Å². The van der Waals surface area contributed by atoms with Crippen LogP contribution in [0.1, 0.15) is 51.4 Å². The maximum atomic E-state index is 13.6. The summed E-state index contributed by atoms with van der Waals surface area (Å²) < 4.78 is 1.29. The minimum atomic E-state index is -0.767. The van der Waals surface area contributed by atoms with Crippen LogP contribution in [0.5, 0.6) is 0 Å². The Morgan fingerprint density at radius 1 is 1.14 bits per heavy atom. The van der Waals surface area contributed by atoms with E-state index in [1.807, 2.05) is 4.90 Å². The molecule has 3 heterocycles. The highest BCUT2D eigenvalue weighted by Gasteiger charge is 2.53. The summed E-state index contributed by atoms with van der Waals surface area (Å²) in [7, 11) is 0. The second-order valence-electron chi connectivity index (χ2n) is 8.28. The number of aromatic nitrogens is 2. The summed E-state index contributed by atoms with van der Waals surface area (Å²) in [5, 5.41) is 9.78. The molecule has 1 unspecified atom stereocenters. The number of hydrogen-bond acceptors (Lipinski definition) is 5. The van der Waals surface area contributed by atoms with E-state index in [1.54, 1.807) is 17.2 Å². The zero-order valence-corrected chi connectivity index (χ0v) is 16.1. The van der Waals surface area contributed by atoms with Crippen LogP contribution in [0.2, 0.25) is 0 Å². The van der Waals surface area contributed by atoms with E-state index in [0.29, 0.717) is 19.4 Å². The molecule has 8 heteroatoms. The summed E-state index contributed by atoms with van der Waals surface area (Å²) in [6.07, 6.45) is 8.86. The number of aliphatic hydroxyl groups is 1. The summed E-state index contributed by atoms with van der Waals surface area (Å²) in [4.78, 5) is 45.9. The maximum absolute atomic E-state index is 13.6. The largest absolute Gasteiger partial charge is 0.393 e. The van der Waals surface area contributed by atoms with Crippen molar-refractivity contribution in [2.24, 2.45) is 0 Å². The topological polar surface area (TPSA) is 95.7 Å². The zero-order chi connectivity index (χ0) is 19.7. The predicted molar refractivity (Wildman–Crippen MR) is 101 cm³/mol. The van der Waals surface area contributed by atoms with Crippen molar-refractivity contribution in [3.8, 4) is 0 Å². The summed E-state index contributed by atoms with van der Waals surface area (Å²) in [5.41, 5.74) is -1.22. The van der Waals surface area contributed by atoms with Gasteiger partial charge in [0.1, 0.15) is 12.1 Å². The van der Waals surface area contributed by atoms with Gasteiger partial charge < -0.3 is 14.9 Å². The molecule has 2 aliphatic heterocycles. The van der Waals surface area contributed by atoms with Crippen LogP contribution in [0.4, 0.5) is 0 Å². The lowest BCUT2D eigenvalue weighted by atomic mass is 9.82. The van der Waals surface area contributed by atoms with Gasteiger partial charge in [-0.1, -0.05) is 0 Å². The van der Waals surface area contributed by atoms with E-state index in [-0.39, 0.29) is 30.5 Å². The van der Waals surface area contributed by atoms with E-state index >= 15 is 0 Å². The normalized spacial score (nSPS) is 30.8. The van der Waals surface area contributed by atoms with Crippen LogP contribution in [-0.2, 0) is 16.1 Å². The molecular weight excluding hydrogens is 360 g/mol. The van der Waals surface area contributed by atoms with Gasteiger partial charge in [0, 0.05) is 31.5 Å². The van der Waals surface area contributed by atoms with Crippen molar-refractivity contribution < 1.29 is 14.7 Å². The van der Waals surface area contributed by atoms with E-state index in [0.717, 1.165) is 45.1 Å². The van der Waals surface area contributed by atoms with Gasteiger partial charge in [-0.3, -0.25) is 14.2 Å². The van der Waals surface area contributed by atoms with Crippen molar-refractivity contribution in [2.75, 3.05) is 13.1 Å². The molecule has 0 aromatic carbocycles. The van der Waals surface area contributed by atoms with Crippen molar-refractivity contribution in [3.05, 3.63) is 28.9 Å². The Labute approximate surface area is 164 Å². The van der Waals surface area contributed by atoms with Gasteiger partial charge in [0.25, 0.3) is 0 Å². The molecule has 0 radical (unpaired) electrons. The van der Waals surface area contributed by atoms with Gasteiger partial charge in [-0.2, -0.15) is 0 Å². The smallest absolute Gasteiger partial charge is 0.347 e. The standard InChI is InChI=1S/C20H28N4O4/c25-16-6-4-15(5-7-16)23-12-1-8-20(18(23)27)9-2-13-24(20)17(26)14-22-11-3-10-21-19(22)28/h3,10-11,15-16,25H,1-2,4-9,12-14H2. The molecule has 3 fully saturated rings. The van der Waals surface area contributed by atoms with Crippen LogP contribution in [0, 0.1) is 0 Å². The first-order valence-electron chi connectivity index (χ1n) is 10.3. The van der Waals surface area contributed by atoms with Gasteiger partial charge in [0.05, 0.1) is 6.10 Å². The predicted octanol–water partition coefficient (Wildman–Crippen LogP) is 0.530. The van der Waals surface area contributed by atoms with E-state index in [4.69, 9.17) is 0 Å². The maximum Gasteiger partial charge on any atom is 0.347 e. The van der Waals surface area contributed by atoms with Crippen molar-refractivity contribution in [1.29, 1.82) is 0 Å². The van der Waals surface area contributed by atoms with Crippen LogP contribution in [-0.4, -0.2) is 67.0 Å². The molecular formula is C20H28N4O4. The van der Waals surface area contributed by atoms with Crippen molar-refractivity contribution >= 4 is 11.8 Å². The number of hydrogen-bond donors (Lipinski definition) is 1. The number of likely N-dealkylation sites (tertiary alicyclic amines) is 2. The monoisotopic (exact) mass is 388 g/mol. The second-order valence-corrected chi connectivity index (χ2v) is 8.28. The fourth-order valence-electron chi connectivity index (χ4n) is 5.20. The fourth-order valence-corrected chi connectivity index (χ4v) is 5.20. The molecule has 152 valence electrons. The Morgan fingerprint density at radius 3 is 2.57 bits per heavy atom. The van der Waals surface area contributed by atoms with Crippen LogP contribution < -0.4 is 5.69 Å². The molecule has 8 nitrogen and oxygen atoms in total. The molecule has 1 aromatic heterocycles. The number of amides is 2. The zero-order valence-electron chi connectivity index (χ0n) is 16.1. The molecule has 2 amide bonds. The van der Waals surface area contributed by atoms with Gasteiger partial charge in [0.2, 0.25) is 11.8 Å². The first-order valence-corrected chi connectivity index (χ1v) is 10.3. The molecule has 1 aliphatic carbocycles. The minimum absolute atomic E-state index is 0.0597. The van der Waals surface area contributed by atoms with Crippen LogP contribution in [0.25, 0.3) is 0 Å². The van der Waals surface area contributed by atoms with Crippen LogP contribution in [0.15, 0.2) is 23.3 Å². The average molecular weight is 388 g/mol. The molecule has 1 N–H and O–H groups in total. The van der Waals surface area contributed by atoms with Crippen LogP contribution >= 0.6 is 0 Å². The number of aliphatic hydroxyl groups excluding tert-OH is 1. The van der Waals surface area contributed by atoms with Crippen molar-refractivity contribution in [2.45, 2.75) is 75.6 Å². The molecule has 3 aliphatic rings. The Hall–Kier alpha value is -2.22. The third kappa shape index (κ3) is 3.34. The lowest BCUT2D eigenvalue weighted by Gasteiger charge is -2.48. The molecule has 4 rings (SSSR count). The lowest BCUT2D eigenvalue weighted by Crippen LogP contribution is -2.63. The lowest BCUT2D eigenvalue weighted by molar-refractivity contribution is -0.158. The first kappa shape index (κ1) is 19.1. The van der Waals surface area contributed by atoms with Gasteiger partial charge in [-0.15, -0.1) is 0 Å². The fraction of sp³-hybridized carbons (Fsp3) is 0.700. The van der Waals surface area contributed by atoms with E-state index < -0.39 is 11.2 Å². The van der Waals surface area contributed by atoms with Gasteiger partial charge in [0.15, 0.2) is 0 Å². The number of carbonyl (C=O) groups is 2. The summed E-state index contributed by atoms with van der Waals surface area (Å²) in [6.45, 7) is 1.19. The molecule has 1 aromatic rings. The number of rotatable bonds is 3. The Kier molecular flexibility index (Phi) is 5.23. The third-order valence-electron chi connectivity index (χ3n) is 6.63. The highest BCUT2D eigenvalue weighted by Crippen LogP contribution is 2.40. The Balaban J connectivity index is 1.53. The molecule has 1 atom stereocenters. The molecule has 2 saturated heterocycles. The number of piperidine rings is 1. The molecule has 1 spiro atoms. The van der Waals surface area contributed by atoms with E-state index in [2.05, 4.69) is 4.98 Å². The summed E-state index contributed by atoms with van der Waals surface area (Å²) in [5.74, 6) is -0.133. The third-order valence-corrected chi connectivity index (χ3v) is 6.63. The van der Waals surface area contributed by atoms with Gasteiger partial charge in [-0.25, -0.2) is 9.78 Å². The van der Waals surface area contributed by atoms with Crippen molar-refractivity contribution in [3.63, 3.8) is 0 Å². The minimum Gasteiger partial charge on any atom is -0.393 e. The number of carbonyl (C=O) groups excluding carboxylic acids is 2. The molecule has 1 saturated carbocycles. The highest BCUT2D eigenvalue weighted by molar-refractivity contribution is 5.93. The Morgan fingerprint density at radius 2 is 1.86 bits per heavy atom. The number of nitrogens with zero attached hydrogens (tertiary/aromatic N) is 4. The van der Waals surface area contributed by atoms with Gasteiger partial charge in [-0.05, 0) is 57.4 Å². The molecule has 0 bridgehead atoms. The second kappa shape index (κ2) is 7.66. The highest BCUT2D eigenvalue weighted by atomic mass is 16.3. The summed E-state index contributed by atoms with van der Waals surface area (Å²) >= 11 is 0. The van der Waals surface area contributed by atoms with E-state index in [1.165, 1.54) is 10.8 Å². The van der Waals surface area contributed by atoms with Gasteiger partial charge >= 0.3 is 5.69 Å².